The maximum atomic E-state index is 13.6. The summed E-state index contributed by atoms with van der Waals surface area (Å²) >= 11 is 0. The molecule has 0 spiro atoms. The number of H-pyrrole nitrogens is 1. The van der Waals surface area contributed by atoms with Gasteiger partial charge in [-0.25, -0.2) is 0 Å². The summed E-state index contributed by atoms with van der Waals surface area (Å²) < 4.78 is 0. The van der Waals surface area contributed by atoms with Crippen LogP contribution >= 0.6 is 0 Å². The topological polar surface area (TPSA) is 168 Å². The van der Waals surface area contributed by atoms with Crippen LogP contribution < -0.4 is 11.1 Å². The standard InChI is InChI=1S/C27H34N8O4/c1-33(2)26(38)18(14-28)25(31-20-10-7-8-17-19(24(29)37)15-30-23(17)20)32-21-9-3-4-13-35(27(21)39)16-22(36)34-11-5-6-12-34/h7-8,10,15,18,21,30H,3-6,9,11-13,16H2,1-2H3,(H2,29,37)(H,31,32)/t18?,21-/m0/s1. The predicted octanol–water partition coefficient (Wildman–Crippen LogP) is 1.31. The van der Waals surface area contributed by atoms with Crippen molar-refractivity contribution in [2.75, 3.05) is 45.6 Å². The van der Waals surface area contributed by atoms with E-state index in [1.165, 1.54) is 25.2 Å². The SMILES string of the molecule is CN(C)C(=O)C(C#N)C(=N[C@H]1CCCCN(CC(=O)N2CCCC2)C1=O)Nc1cccc2c(C(N)=O)c[nH]c12. The van der Waals surface area contributed by atoms with Crippen molar-refractivity contribution < 1.29 is 19.2 Å². The highest BCUT2D eigenvalue weighted by molar-refractivity contribution is 6.16. The van der Waals surface area contributed by atoms with Gasteiger partial charge in [0.2, 0.25) is 17.7 Å². The van der Waals surface area contributed by atoms with Crippen LogP contribution in [0.1, 0.15) is 42.5 Å². The molecule has 2 saturated heterocycles. The molecule has 39 heavy (non-hydrogen) atoms. The fourth-order valence-corrected chi connectivity index (χ4v) is 5.03. The highest BCUT2D eigenvalue weighted by atomic mass is 16.2. The first-order valence-corrected chi connectivity index (χ1v) is 13.1. The molecule has 12 nitrogen and oxygen atoms in total. The number of nitrogens with two attached hydrogens (primary N) is 1. The van der Waals surface area contributed by atoms with Crippen molar-refractivity contribution >= 4 is 46.1 Å². The second kappa shape index (κ2) is 12.0. The minimum absolute atomic E-state index is 0.0103. The first kappa shape index (κ1) is 27.6. The molecule has 0 aliphatic carbocycles. The van der Waals surface area contributed by atoms with Crippen molar-refractivity contribution in [1.29, 1.82) is 5.26 Å². The van der Waals surface area contributed by atoms with E-state index in [0.29, 0.717) is 54.6 Å². The van der Waals surface area contributed by atoms with E-state index in [9.17, 15) is 24.4 Å². The van der Waals surface area contributed by atoms with Gasteiger partial charge in [-0.1, -0.05) is 12.1 Å². The van der Waals surface area contributed by atoms with Crippen molar-refractivity contribution in [2.24, 2.45) is 16.6 Å². The highest BCUT2D eigenvalue weighted by Crippen LogP contribution is 2.27. The van der Waals surface area contributed by atoms with E-state index < -0.39 is 23.8 Å². The minimum Gasteiger partial charge on any atom is -0.366 e. The molecule has 2 atom stereocenters. The number of para-hydroxylation sites is 1. The molecule has 0 saturated carbocycles. The number of aliphatic imine (C=N–C) groups is 1. The molecule has 206 valence electrons. The van der Waals surface area contributed by atoms with Gasteiger partial charge in [0.15, 0.2) is 5.92 Å². The van der Waals surface area contributed by atoms with Gasteiger partial charge in [0.05, 0.1) is 29.4 Å². The van der Waals surface area contributed by atoms with Crippen LogP contribution in [0.4, 0.5) is 5.69 Å². The van der Waals surface area contributed by atoms with Crippen LogP contribution in [0.15, 0.2) is 29.4 Å². The van der Waals surface area contributed by atoms with Gasteiger partial charge in [-0.05, 0) is 38.2 Å². The number of rotatable bonds is 7. The monoisotopic (exact) mass is 534 g/mol. The van der Waals surface area contributed by atoms with E-state index in [4.69, 9.17) is 5.73 Å². The largest absolute Gasteiger partial charge is 0.366 e. The summed E-state index contributed by atoms with van der Waals surface area (Å²) in [5.41, 5.74) is 6.80. The summed E-state index contributed by atoms with van der Waals surface area (Å²) in [6.07, 6.45) is 5.27. The summed E-state index contributed by atoms with van der Waals surface area (Å²) in [5, 5.41) is 13.7. The van der Waals surface area contributed by atoms with E-state index in [2.05, 4.69) is 15.3 Å². The van der Waals surface area contributed by atoms with Crippen molar-refractivity contribution in [3.63, 3.8) is 0 Å². The average molecular weight is 535 g/mol. The molecule has 12 heteroatoms. The Morgan fingerprint density at radius 1 is 1.21 bits per heavy atom. The molecule has 2 aliphatic rings. The smallest absolute Gasteiger partial charge is 0.250 e. The number of aromatic nitrogens is 1. The number of aromatic amines is 1. The number of likely N-dealkylation sites (tertiary alicyclic amines) is 2. The number of nitrogens with one attached hydrogen (secondary N) is 2. The van der Waals surface area contributed by atoms with Crippen LogP contribution in [0.2, 0.25) is 0 Å². The van der Waals surface area contributed by atoms with Crippen molar-refractivity contribution in [1.82, 2.24) is 19.7 Å². The van der Waals surface area contributed by atoms with Gasteiger partial charge in [-0.2, -0.15) is 5.26 Å². The molecular weight excluding hydrogens is 500 g/mol. The van der Waals surface area contributed by atoms with Crippen molar-refractivity contribution in [3.8, 4) is 6.07 Å². The molecule has 4 amide bonds. The summed E-state index contributed by atoms with van der Waals surface area (Å²) in [7, 11) is 3.08. The first-order valence-electron chi connectivity index (χ1n) is 13.1. The zero-order valence-electron chi connectivity index (χ0n) is 22.3. The van der Waals surface area contributed by atoms with Crippen LogP contribution in [-0.4, -0.2) is 95.5 Å². The first-order chi connectivity index (χ1) is 18.7. The number of carbonyl (C=O) groups is 4. The maximum Gasteiger partial charge on any atom is 0.250 e. The van der Waals surface area contributed by atoms with E-state index in [-0.39, 0.29) is 24.2 Å². The van der Waals surface area contributed by atoms with Crippen LogP contribution in [0, 0.1) is 17.2 Å². The van der Waals surface area contributed by atoms with Crippen LogP contribution in [-0.2, 0) is 14.4 Å². The molecule has 0 bridgehead atoms. The van der Waals surface area contributed by atoms with Gasteiger partial charge in [-0.3, -0.25) is 24.2 Å². The average Bonchev–Trinajstić information content (AvgIpc) is 3.57. The quantitative estimate of drug-likeness (QED) is 0.357. The van der Waals surface area contributed by atoms with Gasteiger partial charge in [0.25, 0.3) is 5.91 Å². The predicted molar refractivity (Wildman–Crippen MR) is 146 cm³/mol. The normalized spacial score (nSPS) is 18.9. The Balaban J connectivity index is 1.68. The minimum atomic E-state index is -1.31. The number of anilines is 1. The Bertz CT molecular complexity index is 1330. The third kappa shape index (κ3) is 6.03. The number of hydrogen-bond donors (Lipinski definition) is 3. The van der Waals surface area contributed by atoms with Gasteiger partial charge in [0.1, 0.15) is 11.9 Å². The molecule has 2 aromatic rings. The molecule has 1 unspecified atom stereocenters. The van der Waals surface area contributed by atoms with Crippen molar-refractivity contribution in [2.45, 2.75) is 38.1 Å². The number of primary amides is 1. The molecular formula is C27H34N8O4. The number of hydrogen-bond acceptors (Lipinski definition) is 6. The molecule has 2 aliphatic heterocycles. The van der Waals surface area contributed by atoms with Gasteiger partial charge < -0.3 is 30.7 Å². The molecule has 1 aromatic heterocycles. The maximum absolute atomic E-state index is 13.6. The molecule has 1 aromatic carbocycles. The van der Waals surface area contributed by atoms with Crippen LogP contribution in [0.25, 0.3) is 10.9 Å². The Morgan fingerprint density at radius 3 is 2.59 bits per heavy atom. The number of benzene rings is 1. The lowest BCUT2D eigenvalue weighted by atomic mass is 10.1. The van der Waals surface area contributed by atoms with Gasteiger partial charge in [-0.15, -0.1) is 0 Å². The number of amides is 4. The summed E-state index contributed by atoms with van der Waals surface area (Å²) in [6.45, 7) is 1.84. The molecule has 4 rings (SSSR count). The Hall–Kier alpha value is -4.40. The fraction of sp³-hybridized carbons (Fsp3) is 0.481. The number of amidine groups is 1. The lowest BCUT2D eigenvalue weighted by Gasteiger charge is -2.26. The summed E-state index contributed by atoms with van der Waals surface area (Å²) in [4.78, 5) is 63.5. The second-order valence-electron chi connectivity index (χ2n) is 10.1. The van der Waals surface area contributed by atoms with Gasteiger partial charge in [0, 0.05) is 45.3 Å². The molecule has 2 fully saturated rings. The third-order valence-corrected chi connectivity index (χ3v) is 7.17. The van der Waals surface area contributed by atoms with Gasteiger partial charge >= 0.3 is 0 Å². The van der Waals surface area contributed by atoms with E-state index >= 15 is 0 Å². The molecule has 3 heterocycles. The van der Waals surface area contributed by atoms with Crippen molar-refractivity contribution in [3.05, 3.63) is 30.0 Å². The lowest BCUT2D eigenvalue weighted by molar-refractivity contribution is -0.140. The Morgan fingerprint density at radius 2 is 1.92 bits per heavy atom. The summed E-state index contributed by atoms with van der Waals surface area (Å²) in [5.74, 6) is -2.77. The lowest BCUT2D eigenvalue weighted by Crippen LogP contribution is -2.45. The highest BCUT2D eigenvalue weighted by Gasteiger charge is 2.33. The number of carbonyl (C=O) groups excluding carboxylic acids is 4. The van der Waals surface area contributed by atoms with E-state index in [1.807, 2.05) is 6.07 Å². The Labute approximate surface area is 226 Å². The number of fused-ring (bicyclic) bond motifs is 1. The number of nitrogens with zero attached hydrogens (tertiary/aromatic N) is 5. The zero-order chi connectivity index (χ0) is 28.1. The Kier molecular flexibility index (Phi) is 8.49. The zero-order valence-corrected chi connectivity index (χ0v) is 22.3. The molecule has 4 N–H and O–H groups in total. The molecule has 0 radical (unpaired) electrons. The fourth-order valence-electron chi connectivity index (χ4n) is 5.03. The van der Waals surface area contributed by atoms with E-state index in [0.717, 1.165) is 19.3 Å². The van der Waals surface area contributed by atoms with Crippen LogP contribution in [0.3, 0.4) is 0 Å². The summed E-state index contributed by atoms with van der Waals surface area (Å²) in [6, 6.07) is 6.30. The van der Waals surface area contributed by atoms with E-state index in [1.54, 1.807) is 28.0 Å². The van der Waals surface area contributed by atoms with Crippen LogP contribution in [0.5, 0.6) is 0 Å². The second-order valence-corrected chi connectivity index (χ2v) is 10.1. The third-order valence-electron chi connectivity index (χ3n) is 7.17. The number of nitriles is 1.